The van der Waals surface area contributed by atoms with E-state index in [-0.39, 0.29) is 6.42 Å². The standard InChI is InChI=1S/C16H20N2O6/c1-22-12-4-6-13(7-5-12)23-10-2-3-15(20)24-11-14(19)18-9-8-17-16(18)21/h4-7H,2-3,8-11H2,1H3,(H,17,21). The number of nitrogens with one attached hydrogen (secondary N) is 1. The molecule has 24 heavy (non-hydrogen) atoms. The van der Waals surface area contributed by atoms with Crippen LogP contribution in [-0.4, -0.2) is 56.2 Å². The van der Waals surface area contributed by atoms with E-state index in [9.17, 15) is 14.4 Å². The van der Waals surface area contributed by atoms with Gasteiger partial charge in [-0.25, -0.2) is 4.79 Å². The molecule has 1 heterocycles. The van der Waals surface area contributed by atoms with Crippen molar-refractivity contribution in [2.24, 2.45) is 0 Å². The highest BCUT2D eigenvalue weighted by Crippen LogP contribution is 2.17. The summed E-state index contributed by atoms with van der Waals surface area (Å²) in [4.78, 5) is 35.6. The Morgan fingerprint density at radius 1 is 1.21 bits per heavy atom. The smallest absolute Gasteiger partial charge is 0.324 e. The second kappa shape index (κ2) is 8.76. The van der Waals surface area contributed by atoms with E-state index in [1.54, 1.807) is 31.4 Å². The number of hydrogen-bond donors (Lipinski definition) is 1. The lowest BCUT2D eigenvalue weighted by atomic mass is 10.3. The molecule has 0 radical (unpaired) electrons. The molecule has 3 amide bonds. The zero-order valence-corrected chi connectivity index (χ0v) is 13.4. The summed E-state index contributed by atoms with van der Waals surface area (Å²) in [5.74, 6) is 0.399. The molecule has 2 rings (SSSR count). The molecule has 130 valence electrons. The van der Waals surface area contributed by atoms with Gasteiger partial charge in [0.2, 0.25) is 0 Å². The van der Waals surface area contributed by atoms with E-state index in [0.717, 1.165) is 10.6 Å². The molecule has 0 spiro atoms. The van der Waals surface area contributed by atoms with Crippen molar-refractivity contribution in [3.63, 3.8) is 0 Å². The molecule has 0 aliphatic carbocycles. The maximum Gasteiger partial charge on any atom is 0.324 e. The van der Waals surface area contributed by atoms with Crippen molar-refractivity contribution in [2.45, 2.75) is 12.8 Å². The summed E-state index contributed by atoms with van der Waals surface area (Å²) in [7, 11) is 1.59. The Balaban J connectivity index is 1.59. The summed E-state index contributed by atoms with van der Waals surface area (Å²) in [6.07, 6.45) is 0.596. The monoisotopic (exact) mass is 336 g/mol. The summed E-state index contributed by atoms with van der Waals surface area (Å²) in [5.41, 5.74) is 0. The van der Waals surface area contributed by atoms with Gasteiger partial charge in [0.05, 0.1) is 13.7 Å². The Hall–Kier alpha value is -2.77. The summed E-state index contributed by atoms with van der Waals surface area (Å²) in [5, 5.41) is 2.50. The first-order valence-corrected chi connectivity index (χ1v) is 7.61. The summed E-state index contributed by atoms with van der Waals surface area (Å²) in [6, 6.07) is 6.66. The van der Waals surface area contributed by atoms with E-state index < -0.39 is 24.5 Å². The lowest BCUT2D eigenvalue weighted by Gasteiger charge is -2.12. The number of carbonyl (C=O) groups excluding carboxylic acids is 3. The Bertz CT molecular complexity index is 587. The first-order chi connectivity index (χ1) is 11.6. The van der Waals surface area contributed by atoms with Crippen molar-refractivity contribution >= 4 is 17.9 Å². The number of ether oxygens (including phenoxy) is 3. The Labute approximate surface area is 139 Å². The van der Waals surface area contributed by atoms with Crippen LogP contribution in [0.1, 0.15) is 12.8 Å². The molecule has 8 heteroatoms. The van der Waals surface area contributed by atoms with Crippen molar-refractivity contribution in [3.8, 4) is 11.5 Å². The predicted molar refractivity (Wildman–Crippen MR) is 83.8 cm³/mol. The van der Waals surface area contributed by atoms with Crippen LogP contribution < -0.4 is 14.8 Å². The van der Waals surface area contributed by atoms with Gasteiger partial charge in [0.1, 0.15) is 11.5 Å². The van der Waals surface area contributed by atoms with Gasteiger partial charge in [-0.15, -0.1) is 0 Å². The van der Waals surface area contributed by atoms with Crippen molar-refractivity contribution in [1.29, 1.82) is 0 Å². The minimum Gasteiger partial charge on any atom is -0.497 e. The zero-order chi connectivity index (χ0) is 17.4. The molecule has 1 aliphatic heterocycles. The fourth-order valence-corrected chi connectivity index (χ4v) is 2.08. The lowest BCUT2D eigenvalue weighted by molar-refractivity contribution is -0.150. The average Bonchev–Trinajstić information content (AvgIpc) is 3.03. The van der Waals surface area contributed by atoms with E-state index in [4.69, 9.17) is 14.2 Å². The number of carbonyl (C=O) groups is 3. The van der Waals surface area contributed by atoms with Gasteiger partial charge < -0.3 is 19.5 Å². The molecular formula is C16H20N2O6. The van der Waals surface area contributed by atoms with Crippen molar-refractivity contribution in [2.75, 3.05) is 33.4 Å². The topological polar surface area (TPSA) is 94.2 Å². The molecule has 1 fully saturated rings. The molecule has 0 aromatic heterocycles. The highest BCUT2D eigenvalue weighted by molar-refractivity contribution is 5.96. The van der Waals surface area contributed by atoms with Crippen molar-refractivity contribution in [3.05, 3.63) is 24.3 Å². The highest BCUT2D eigenvalue weighted by Gasteiger charge is 2.26. The number of amides is 3. The van der Waals surface area contributed by atoms with Crippen LogP contribution in [0.15, 0.2) is 24.3 Å². The zero-order valence-electron chi connectivity index (χ0n) is 13.4. The van der Waals surface area contributed by atoms with E-state index in [1.807, 2.05) is 0 Å². The number of methoxy groups -OCH3 is 1. The third-order valence-electron chi connectivity index (χ3n) is 3.37. The second-order valence-electron chi connectivity index (χ2n) is 5.07. The van der Waals surface area contributed by atoms with Gasteiger partial charge in [0.25, 0.3) is 5.91 Å². The average molecular weight is 336 g/mol. The highest BCUT2D eigenvalue weighted by atomic mass is 16.5. The van der Waals surface area contributed by atoms with Crippen LogP contribution in [-0.2, 0) is 14.3 Å². The van der Waals surface area contributed by atoms with Gasteiger partial charge in [0, 0.05) is 19.5 Å². The number of rotatable bonds is 8. The molecule has 0 saturated carbocycles. The van der Waals surface area contributed by atoms with Crippen LogP contribution in [0.3, 0.4) is 0 Å². The SMILES string of the molecule is COc1ccc(OCCCC(=O)OCC(=O)N2CCNC2=O)cc1. The van der Waals surface area contributed by atoms with Gasteiger partial charge in [-0.2, -0.15) is 0 Å². The fraction of sp³-hybridized carbons (Fsp3) is 0.438. The van der Waals surface area contributed by atoms with Gasteiger partial charge in [0.15, 0.2) is 6.61 Å². The predicted octanol–water partition coefficient (Wildman–Crippen LogP) is 0.949. The molecule has 1 N–H and O–H groups in total. The fourth-order valence-electron chi connectivity index (χ4n) is 2.08. The number of esters is 1. The van der Waals surface area contributed by atoms with Crippen LogP contribution in [0.2, 0.25) is 0 Å². The van der Waals surface area contributed by atoms with Crippen LogP contribution in [0.5, 0.6) is 11.5 Å². The van der Waals surface area contributed by atoms with Crippen LogP contribution in [0.25, 0.3) is 0 Å². The second-order valence-corrected chi connectivity index (χ2v) is 5.07. The molecule has 0 bridgehead atoms. The third-order valence-corrected chi connectivity index (χ3v) is 3.37. The normalized spacial score (nSPS) is 13.4. The Morgan fingerprint density at radius 3 is 2.54 bits per heavy atom. The maximum atomic E-state index is 11.7. The Morgan fingerprint density at radius 2 is 1.92 bits per heavy atom. The Kier molecular flexibility index (Phi) is 6.41. The largest absolute Gasteiger partial charge is 0.497 e. The van der Waals surface area contributed by atoms with Crippen LogP contribution in [0.4, 0.5) is 4.79 Å². The van der Waals surface area contributed by atoms with Crippen molar-refractivity contribution in [1.82, 2.24) is 10.2 Å². The van der Waals surface area contributed by atoms with Crippen molar-refractivity contribution < 1.29 is 28.6 Å². The number of imide groups is 1. The maximum absolute atomic E-state index is 11.7. The van der Waals surface area contributed by atoms with E-state index in [1.165, 1.54) is 0 Å². The minimum absolute atomic E-state index is 0.135. The van der Waals surface area contributed by atoms with E-state index in [0.29, 0.717) is 31.9 Å². The van der Waals surface area contributed by atoms with E-state index >= 15 is 0 Å². The molecule has 1 saturated heterocycles. The summed E-state index contributed by atoms with van der Waals surface area (Å²) in [6.45, 7) is 0.641. The van der Waals surface area contributed by atoms with Gasteiger partial charge in [-0.3, -0.25) is 14.5 Å². The molecule has 8 nitrogen and oxygen atoms in total. The third kappa shape index (κ3) is 5.15. The van der Waals surface area contributed by atoms with Gasteiger partial charge >= 0.3 is 12.0 Å². The first kappa shape index (κ1) is 17.6. The quantitative estimate of drug-likeness (QED) is 0.561. The summed E-state index contributed by atoms with van der Waals surface area (Å²) >= 11 is 0. The van der Waals surface area contributed by atoms with Gasteiger partial charge in [-0.1, -0.05) is 0 Å². The van der Waals surface area contributed by atoms with E-state index in [2.05, 4.69) is 5.32 Å². The first-order valence-electron chi connectivity index (χ1n) is 7.61. The molecule has 0 atom stereocenters. The molecule has 1 aliphatic rings. The van der Waals surface area contributed by atoms with Crippen LogP contribution in [0, 0.1) is 0 Å². The number of nitrogens with zero attached hydrogens (tertiary/aromatic N) is 1. The number of urea groups is 1. The summed E-state index contributed by atoms with van der Waals surface area (Å²) < 4.78 is 15.4. The molecule has 1 aromatic carbocycles. The molecule has 1 aromatic rings. The number of hydrogen-bond acceptors (Lipinski definition) is 6. The van der Waals surface area contributed by atoms with Crippen LogP contribution >= 0.6 is 0 Å². The minimum atomic E-state index is -0.521. The van der Waals surface area contributed by atoms with Gasteiger partial charge in [-0.05, 0) is 30.7 Å². The molecular weight excluding hydrogens is 316 g/mol. The molecule has 0 unspecified atom stereocenters. The number of benzene rings is 1. The lowest BCUT2D eigenvalue weighted by Crippen LogP contribution is -2.37.